The van der Waals surface area contributed by atoms with Crippen LogP contribution < -0.4 is 5.73 Å². The minimum absolute atomic E-state index is 0.246. The predicted octanol–water partition coefficient (Wildman–Crippen LogP) is 0.562. The van der Waals surface area contributed by atoms with Gasteiger partial charge in [0.05, 0.1) is 0 Å². The summed E-state index contributed by atoms with van der Waals surface area (Å²) in [5.41, 5.74) is 4.70. The zero-order chi connectivity index (χ0) is 12.3. The second kappa shape index (κ2) is 4.75. The average molecular weight is 238 g/mol. The number of hydrogen-bond donors (Lipinski definition) is 1. The van der Waals surface area contributed by atoms with Crippen LogP contribution in [-0.4, -0.2) is 39.9 Å². The molecule has 1 fully saturated rings. The van der Waals surface area contributed by atoms with E-state index in [-0.39, 0.29) is 18.8 Å². The van der Waals surface area contributed by atoms with Gasteiger partial charge in [0.1, 0.15) is 0 Å². The van der Waals surface area contributed by atoms with Crippen LogP contribution in [0.15, 0.2) is 12.4 Å². The van der Waals surface area contributed by atoms with Crippen LogP contribution in [0.5, 0.6) is 0 Å². The molecule has 0 unspecified atom stereocenters. The molecule has 17 heavy (non-hydrogen) atoms. The van der Waals surface area contributed by atoms with Gasteiger partial charge in [-0.2, -0.15) is 0 Å². The average Bonchev–Trinajstić information content (AvgIpc) is 2.35. The number of piperidine rings is 1. The molecule has 1 aromatic heterocycles. The van der Waals surface area contributed by atoms with Crippen molar-refractivity contribution in [1.82, 2.24) is 14.9 Å². The highest BCUT2D eigenvalue weighted by molar-refractivity contribution is 5.62. The van der Waals surface area contributed by atoms with Crippen molar-refractivity contribution in [3.05, 3.63) is 18.0 Å². The third-order valence-electron chi connectivity index (χ3n) is 3.03. The molecule has 1 saturated heterocycles. The van der Waals surface area contributed by atoms with E-state index in [1.807, 2.05) is 0 Å². The Hall–Kier alpha value is -1.56. The van der Waals surface area contributed by atoms with Crippen LogP contribution in [0.3, 0.4) is 0 Å². The summed E-state index contributed by atoms with van der Waals surface area (Å²) < 4.78 is 13.6. The quantitative estimate of drug-likeness (QED) is 0.779. The van der Waals surface area contributed by atoms with Gasteiger partial charge < -0.3 is 5.73 Å². The number of likely N-dealkylation sites (tertiary alicyclic amines) is 1. The van der Waals surface area contributed by atoms with Gasteiger partial charge >= 0.3 is 0 Å². The van der Waals surface area contributed by atoms with Crippen molar-refractivity contribution >= 4 is 12.2 Å². The second-order valence-electron chi connectivity index (χ2n) is 4.38. The van der Waals surface area contributed by atoms with E-state index in [4.69, 9.17) is 5.73 Å². The minimum Gasteiger partial charge on any atom is -0.368 e. The summed E-state index contributed by atoms with van der Waals surface area (Å²) in [4.78, 5) is 20.4. The van der Waals surface area contributed by atoms with Crippen molar-refractivity contribution in [2.45, 2.75) is 25.1 Å². The lowest BCUT2D eigenvalue weighted by Crippen LogP contribution is -2.42. The number of nitrogens with two attached hydrogens (primary N) is 1. The summed E-state index contributed by atoms with van der Waals surface area (Å²) >= 11 is 0. The van der Waals surface area contributed by atoms with E-state index in [0.717, 1.165) is 5.56 Å². The Labute approximate surface area is 98.8 Å². The third-order valence-corrected chi connectivity index (χ3v) is 3.03. The number of aldehydes is 1. The maximum atomic E-state index is 13.6. The number of nitrogen functional groups attached to an aromatic ring is 1. The Morgan fingerprint density at radius 1 is 1.41 bits per heavy atom. The van der Waals surface area contributed by atoms with Gasteiger partial charge in [-0.25, -0.2) is 14.4 Å². The SMILES string of the molecule is Nc1ncc(CN2CCC(F)(C=O)CC2)cn1. The summed E-state index contributed by atoms with van der Waals surface area (Å²) in [6.07, 6.45) is 4.27. The van der Waals surface area contributed by atoms with E-state index < -0.39 is 5.67 Å². The highest BCUT2D eigenvalue weighted by atomic mass is 19.1. The van der Waals surface area contributed by atoms with Crippen molar-refractivity contribution in [3.8, 4) is 0 Å². The van der Waals surface area contributed by atoms with E-state index >= 15 is 0 Å². The second-order valence-corrected chi connectivity index (χ2v) is 4.38. The van der Waals surface area contributed by atoms with Crippen molar-refractivity contribution < 1.29 is 9.18 Å². The maximum Gasteiger partial charge on any atom is 0.219 e. The van der Waals surface area contributed by atoms with Gasteiger partial charge in [0, 0.05) is 50.4 Å². The number of alkyl halides is 1. The number of carbonyl (C=O) groups is 1. The van der Waals surface area contributed by atoms with Gasteiger partial charge in [-0.3, -0.25) is 9.69 Å². The number of aromatic nitrogens is 2. The summed E-state index contributed by atoms with van der Waals surface area (Å²) in [5.74, 6) is 0.246. The van der Waals surface area contributed by atoms with Gasteiger partial charge in [-0.15, -0.1) is 0 Å². The Balaban J connectivity index is 1.90. The lowest BCUT2D eigenvalue weighted by atomic mass is 9.95. The van der Waals surface area contributed by atoms with Crippen molar-refractivity contribution in [3.63, 3.8) is 0 Å². The summed E-state index contributed by atoms with van der Waals surface area (Å²) in [7, 11) is 0. The van der Waals surface area contributed by atoms with Crippen molar-refractivity contribution in [2.75, 3.05) is 18.8 Å². The van der Waals surface area contributed by atoms with Crippen LogP contribution in [0, 0.1) is 0 Å². The van der Waals surface area contributed by atoms with Gasteiger partial charge in [0.15, 0.2) is 12.0 Å². The number of anilines is 1. The molecular formula is C11H15FN4O. The molecular weight excluding hydrogens is 223 g/mol. The first kappa shape index (κ1) is 11.9. The van der Waals surface area contributed by atoms with E-state index in [9.17, 15) is 9.18 Å². The molecule has 92 valence electrons. The minimum atomic E-state index is -1.63. The Morgan fingerprint density at radius 2 is 2.00 bits per heavy atom. The zero-order valence-corrected chi connectivity index (χ0v) is 9.47. The highest BCUT2D eigenvalue weighted by Crippen LogP contribution is 2.24. The molecule has 1 aliphatic rings. The summed E-state index contributed by atoms with van der Waals surface area (Å²) in [6, 6.07) is 0. The first-order valence-corrected chi connectivity index (χ1v) is 5.55. The first-order valence-electron chi connectivity index (χ1n) is 5.55. The van der Waals surface area contributed by atoms with E-state index in [1.54, 1.807) is 12.4 Å². The fourth-order valence-electron chi connectivity index (χ4n) is 1.91. The van der Waals surface area contributed by atoms with Crippen LogP contribution >= 0.6 is 0 Å². The first-order chi connectivity index (χ1) is 8.11. The third kappa shape index (κ3) is 2.97. The molecule has 5 nitrogen and oxygen atoms in total. The molecule has 6 heteroatoms. The molecule has 0 bridgehead atoms. The topological polar surface area (TPSA) is 72.1 Å². The Bertz CT molecular complexity index is 387. The van der Waals surface area contributed by atoms with Crippen LogP contribution in [-0.2, 0) is 11.3 Å². The number of halogens is 1. The summed E-state index contributed by atoms with van der Waals surface area (Å²) in [6.45, 7) is 1.80. The van der Waals surface area contributed by atoms with Crippen molar-refractivity contribution in [1.29, 1.82) is 0 Å². The Kier molecular flexibility index (Phi) is 3.33. The van der Waals surface area contributed by atoms with Crippen LogP contribution in [0.1, 0.15) is 18.4 Å². The highest BCUT2D eigenvalue weighted by Gasteiger charge is 2.33. The fraction of sp³-hybridized carbons (Fsp3) is 0.545. The van der Waals surface area contributed by atoms with Gasteiger partial charge in [0.2, 0.25) is 5.95 Å². The fourth-order valence-corrected chi connectivity index (χ4v) is 1.91. The lowest BCUT2D eigenvalue weighted by molar-refractivity contribution is -0.120. The number of carbonyl (C=O) groups excluding carboxylic acids is 1. The van der Waals surface area contributed by atoms with E-state index in [1.165, 1.54) is 0 Å². The normalized spacial score (nSPS) is 20.1. The van der Waals surface area contributed by atoms with Gasteiger partial charge in [-0.1, -0.05) is 0 Å². The van der Waals surface area contributed by atoms with Crippen molar-refractivity contribution in [2.24, 2.45) is 0 Å². The largest absolute Gasteiger partial charge is 0.368 e. The molecule has 0 atom stereocenters. The summed E-state index contributed by atoms with van der Waals surface area (Å²) in [5, 5.41) is 0. The van der Waals surface area contributed by atoms with Crippen LogP contribution in [0.2, 0.25) is 0 Å². The molecule has 0 aromatic carbocycles. The van der Waals surface area contributed by atoms with E-state index in [0.29, 0.717) is 25.9 Å². The Morgan fingerprint density at radius 3 is 2.53 bits per heavy atom. The molecule has 1 aliphatic heterocycles. The maximum absolute atomic E-state index is 13.6. The molecule has 1 aromatic rings. The zero-order valence-electron chi connectivity index (χ0n) is 9.47. The lowest BCUT2D eigenvalue weighted by Gasteiger charge is -2.32. The van der Waals surface area contributed by atoms with Crippen LogP contribution in [0.4, 0.5) is 10.3 Å². The monoisotopic (exact) mass is 238 g/mol. The molecule has 0 saturated carbocycles. The number of nitrogens with zero attached hydrogens (tertiary/aromatic N) is 3. The van der Waals surface area contributed by atoms with Crippen LogP contribution in [0.25, 0.3) is 0 Å². The molecule has 2 rings (SSSR count). The number of hydrogen-bond acceptors (Lipinski definition) is 5. The molecule has 0 radical (unpaired) electrons. The number of rotatable bonds is 3. The van der Waals surface area contributed by atoms with Gasteiger partial charge in [-0.05, 0) is 0 Å². The van der Waals surface area contributed by atoms with Gasteiger partial charge in [0.25, 0.3) is 0 Å². The molecule has 2 N–H and O–H groups in total. The standard InChI is InChI=1S/C11H15FN4O/c12-11(8-17)1-3-16(4-2-11)7-9-5-14-10(13)15-6-9/h5-6,8H,1-4,7H2,(H2,13,14,15). The molecule has 0 spiro atoms. The van der Waals surface area contributed by atoms with E-state index in [2.05, 4.69) is 14.9 Å². The molecule has 0 aliphatic carbocycles. The molecule has 0 amide bonds. The smallest absolute Gasteiger partial charge is 0.219 e. The molecule has 2 heterocycles. The predicted molar refractivity (Wildman–Crippen MR) is 60.9 cm³/mol.